The fraction of sp³-hybridized carbons (Fsp3) is 0.389. The quantitative estimate of drug-likeness (QED) is 0.835. The molecule has 0 aliphatic carbocycles. The summed E-state index contributed by atoms with van der Waals surface area (Å²) in [5, 5.41) is 1.72. The molecule has 0 radical (unpaired) electrons. The van der Waals surface area contributed by atoms with Crippen LogP contribution in [0.1, 0.15) is 33.3 Å². The molecule has 1 aromatic carbocycles. The van der Waals surface area contributed by atoms with Crippen molar-refractivity contribution < 1.29 is 13.2 Å². The number of nitrogens with one attached hydrogen (secondary N) is 1. The minimum atomic E-state index is -3.52. The van der Waals surface area contributed by atoms with Gasteiger partial charge in [0, 0.05) is 25.7 Å². The Labute approximate surface area is 153 Å². The van der Waals surface area contributed by atoms with Crippen LogP contribution in [-0.2, 0) is 20.2 Å². The largest absolute Gasteiger partial charge is 0.311 e. The molecule has 0 saturated heterocycles. The van der Waals surface area contributed by atoms with Gasteiger partial charge in [-0.3, -0.25) is 4.79 Å². The third-order valence-corrected chi connectivity index (χ3v) is 6.67. The first kappa shape index (κ1) is 19.6. The zero-order chi connectivity index (χ0) is 18.7. The Morgan fingerprint density at radius 1 is 1.16 bits per heavy atom. The van der Waals surface area contributed by atoms with E-state index in [4.69, 9.17) is 0 Å². The molecule has 136 valence electrons. The number of nitrogens with zero attached hydrogens (tertiary/aromatic N) is 1. The summed E-state index contributed by atoms with van der Waals surface area (Å²) in [6.07, 6.45) is 0. The number of carbonyl (C=O) groups is 1. The van der Waals surface area contributed by atoms with Gasteiger partial charge >= 0.3 is 0 Å². The van der Waals surface area contributed by atoms with Gasteiger partial charge in [-0.15, -0.1) is 11.3 Å². The maximum atomic E-state index is 12.1. The second kappa shape index (κ2) is 7.68. The van der Waals surface area contributed by atoms with Crippen LogP contribution in [0, 0.1) is 0 Å². The van der Waals surface area contributed by atoms with Crippen LogP contribution in [-0.4, -0.2) is 27.4 Å². The van der Waals surface area contributed by atoms with Crippen LogP contribution in [0.5, 0.6) is 0 Å². The number of thiophene rings is 1. The highest BCUT2D eigenvalue weighted by Crippen LogP contribution is 2.25. The van der Waals surface area contributed by atoms with E-state index in [0.717, 1.165) is 17.0 Å². The average molecular weight is 381 g/mol. The molecule has 1 aromatic heterocycles. The molecule has 1 heterocycles. The molecule has 0 aliphatic rings. The number of amides is 1. The average Bonchev–Trinajstić information content (AvgIpc) is 3.06. The summed E-state index contributed by atoms with van der Waals surface area (Å²) in [6, 6.07) is 11.0. The second-order valence-electron chi connectivity index (χ2n) is 6.80. The van der Waals surface area contributed by atoms with Gasteiger partial charge in [0.05, 0.1) is 0 Å². The van der Waals surface area contributed by atoms with Gasteiger partial charge in [-0.25, -0.2) is 13.1 Å². The van der Waals surface area contributed by atoms with Crippen LogP contribution in [0.25, 0.3) is 0 Å². The van der Waals surface area contributed by atoms with E-state index in [0.29, 0.717) is 0 Å². The van der Waals surface area contributed by atoms with Crippen LogP contribution in [0.4, 0.5) is 5.69 Å². The lowest BCUT2D eigenvalue weighted by atomic mass is 9.87. The molecule has 1 N–H and O–H groups in total. The fourth-order valence-corrected chi connectivity index (χ4v) is 4.45. The van der Waals surface area contributed by atoms with E-state index in [1.54, 1.807) is 22.4 Å². The molecule has 0 bridgehead atoms. The third kappa shape index (κ3) is 5.14. The van der Waals surface area contributed by atoms with Crippen molar-refractivity contribution in [1.29, 1.82) is 0 Å². The van der Waals surface area contributed by atoms with E-state index in [9.17, 15) is 13.2 Å². The standard InChI is InChI=1S/C18H24N2O3S2/c1-14(21)20(16-9-7-15(8-10-16)18(2,3)4)12-11-19-25(22,23)17-6-5-13-24-17/h5-10,13,19H,11-12H2,1-4H3. The predicted molar refractivity (Wildman–Crippen MR) is 103 cm³/mol. The summed E-state index contributed by atoms with van der Waals surface area (Å²) in [5.74, 6) is -0.126. The number of sulfonamides is 1. The van der Waals surface area contributed by atoms with Gasteiger partial charge in [0.25, 0.3) is 0 Å². The molecule has 1 amide bonds. The highest BCUT2D eigenvalue weighted by atomic mass is 32.2. The molecule has 7 heteroatoms. The first-order chi connectivity index (χ1) is 11.6. The minimum absolute atomic E-state index is 0.0376. The highest BCUT2D eigenvalue weighted by Gasteiger charge is 2.18. The van der Waals surface area contributed by atoms with Gasteiger partial charge in [-0.1, -0.05) is 39.0 Å². The molecule has 0 aliphatic heterocycles. The highest BCUT2D eigenvalue weighted by molar-refractivity contribution is 7.91. The van der Waals surface area contributed by atoms with E-state index in [-0.39, 0.29) is 28.6 Å². The predicted octanol–water partition coefficient (Wildman–Crippen LogP) is 3.38. The Bertz CT molecular complexity index is 805. The summed E-state index contributed by atoms with van der Waals surface area (Å²) in [7, 11) is -3.52. The summed E-state index contributed by atoms with van der Waals surface area (Å²) >= 11 is 1.16. The molecular weight excluding hydrogens is 356 g/mol. The molecule has 2 aromatic rings. The molecule has 0 unspecified atom stereocenters. The topological polar surface area (TPSA) is 66.5 Å². The molecule has 25 heavy (non-hydrogen) atoms. The lowest BCUT2D eigenvalue weighted by molar-refractivity contribution is -0.116. The maximum Gasteiger partial charge on any atom is 0.250 e. The molecule has 0 saturated carbocycles. The Kier molecular flexibility index (Phi) is 6.03. The normalized spacial score (nSPS) is 12.2. The molecule has 0 fully saturated rings. The van der Waals surface area contributed by atoms with E-state index < -0.39 is 10.0 Å². The fourth-order valence-electron chi connectivity index (χ4n) is 2.39. The van der Waals surface area contributed by atoms with Crippen LogP contribution in [0.3, 0.4) is 0 Å². The number of hydrogen-bond donors (Lipinski definition) is 1. The van der Waals surface area contributed by atoms with Crippen LogP contribution < -0.4 is 9.62 Å². The van der Waals surface area contributed by atoms with Crippen molar-refractivity contribution in [1.82, 2.24) is 4.72 Å². The van der Waals surface area contributed by atoms with Crippen molar-refractivity contribution in [2.24, 2.45) is 0 Å². The van der Waals surface area contributed by atoms with E-state index >= 15 is 0 Å². The van der Waals surface area contributed by atoms with Gasteiger partial charge in [-0.05, 0) is 34.6 Å². The van der Waals surface area contributed by atoms with Gasteiger partial charge in [-0.2, -0.15) is 0 Å². The van der Waals surface area contributed by atoms with Crippen molar-refractivity contribution in [3.63, 3.8) is 0 Å². The molecule has 2 rings (SSSR count). The summed E-state index contributed by atoms with van der Waals surface area (Å²) in [6.45, 7) is 8.29. The van der Waals surface area contributed by atoms with E-state index in [1.807, 2.05) is 24.3 Å². The number of rotatable bonds is 6. The van der Waals surface area contributed by atoms with Crippen LogP contribution >= 0.6 is 11.3 Å². The lowest BCUT2D eigenvalue weighted by Crippen LogP contribution is -2.37. The van der Waals surface area contributed by atoms with Gasteiger partial charge in [0.15, 0.2) is 0 Å². The zero-order valence-electron chi connectivity index (χ0n) is 14.9. The van der Waals surface area contributed by atoms with Crippen molar-refractivity contribution in [3.8, 4) is 0 Å². The van der Waals surface area contributed by atoms with Crippen molar-refractivity contribution in [2.45, 2.75) is 37.3 Å². The molecular formula is C18H24N2O3S2. The second-order valence-corrected chi connectivity index (χ2v) is 9.74. The number of carbonyl (C=O) groups excluding carboxylic acids is 1. The first-order valence-electron chi connectivity index (χ1n) is 8.03. The van der Waals surface area contributed by atoms with Gasteiger partial charge in [0.1, 0.15) is 4.21 Å². The molecule has 5 nitrogen and oxygen atoms in total. The summed E-state index contributed by atoms with van der Waals surface area (Å²) in [4.78, 5) is 13.5. The van der Waals surface area contributed by atoms with E-state index in [2.05, 4.69) is 25.5 Å². The molecule has 0 atom stereocenters. The SMILES string of the molecule is CC(=O)N(CCNS(=O)(=O)c1cccs1)c1ccc(C(C)(C)C)cc1. The number of benzene rings is 1. The van der Waals surface area contributed by atoms with Crippen LogP contribution in [0.2, 0.25) is 0 Å². The third-order valence-electron chi connectivity index (χ3n) is 3.81. The summed E-state index contributed by atoms with van der Waals surface area (Å²) < 4.78 is 27.1. The Hall–Kier alpha value is -1.70. The number of anilines is 1. The zero-order valence-corrected chi connectivity index (χ0v) is 16.6. The first-order valence-corrected chi connectivity index (χ1v) is 10.4. The van der Waals surface area contributed by atoms with Crippen molar-refractivity contribution >= 4 is 33.0 Å². The number of hydrogen-bond acceptors (Lipinski definition) is 4. The van der Waals surface area contributed by atoms with Gasteiger partial charge in [0.2, 0.25) is 15.9 Å². The van der Waals surface area contributed by atoms with Crippen molar-refractivity contribution in [2.75, 3.05) is 18.0 Å². The van der Waals surface area contributed by atoms with E-state index in [1.165, 1.54) is 12.5 Å². The van der Waals surface area contributed by atoms with Crippen molar-refractivity contribution in [3.05, 3.63) is 47.3 Å². The smallest absolute Gasteiger partial charge is 0.250 e. The Morgan fingerprint density at radius 3 is 2.28 bits per heavy atom. The maximum absolute atomic E-state index is 12.1. The monoisotopic (exact) mass is 380 g/mol. The van der Waals surface area contributed by atoms with Crippen LogP contribution in [0.15, 0.2) is 46.0 Å². The van der Waals surface area contributed by atoms with Gasteiger partial charge < -0.3 is 4.90 Å². The Morgan fingerprint density at radius 2 is 1.80 bits per heavy atom. The molecule has 0 spiro atoms. The lowest BCUT2D eigenvalue weighted by Gasteiger charge is -2.24. The summed E-state index contributed by atoms with van der Waals surface area (Å²) in [5.41, 5.74) is 1.98. The minimum Gasteiger partial charge on any atom is -0.311 e. The Balaban J connectivity index is 2.05.